The lowest BCUT2D eigenvalue weighted by molar-refractivity contribution is -0.271. The van der Waals surface area contributed by atoms with Gasteiger partial charge in [0.25, 0.3) is 0 Å². The highest BCUT2D eigenvalue weighted by Gasteiger charge is 2.65. The van der Waals surface area contributed by atoms with E-state index in [1.807, 2.05) is 43.3 Å². The van der Waals surface area contributed by atoms with E-state index in [-0.39, 0.29) is 23.4 Å². The van der Waals surface area contributed by atoms with Gasteiger partial charge in [0.05, 0.1) is 18.6 Å². The van der Waals surface area contributed by atoms with Gasteiger partial charge in [-0.05, 0) is 48.6 Å². The van der Waals surface area contributed by atoms with Crippen LogP contribution in [0.25, 0.3) is 0 Å². The number of carbonyl (C=O) groups is 1. The fourth-order valence-corrected chi connectivity index (χ4v) is 5.62. The molecule has 0 aliphatic heterocycles. The second kappa shape index (κ2) is 8.19. The van der Waals surface area contributed by atoms with Crippen molar-refractivity contribution in [2.45, 2.75) is 65.3 Å². The Morgan fingerprint density at radius 3 is 2.17 bits per heavy atom. The van der Waals surface area contributed by atoms with E-state index < -0.39 is 5.60 Å². The zero-order valence-corrected chi connectivity index (χ0v) is 18.6. The van der Waals surface area contributed by atoms with Crippen LogP contribution in [-0.2, 0) is 27.3 Å². The first-order valence-electron chi connectivity index (χ1n) is 11.2. The molecule has 30 heavy (non-hydrogen) atoms. The van der Waals surface area contributed by atoms with Gasteiger partial charge >= 0.3 is 5.97 Å². The Balaban J connectivity index is 1.48. The highest BCUT2D eigenvalue weighted by Crippen LogP contribution is 2.64. The Labute approximate surface area is 180 Å². The minimum atomic E-state index is -0.588. The van der Waals surface area contributed by atoms with E-state index in [0.717, 1.165) is 24.0 Å². The summed E-state index contributed by atoms with van der Waals surface area (Å²) in [6.45, 7) is 9.27. The molecule has 3 heteroatoms. The predicted molar refractivity (Wildman–Crippen MR) is 119 cm³/mol. The van der Waals surface area contributed by atoms with E-state index in [1.165, 1.54) is 0 Å². The molecule has 0 amide bonds. The third-order valence-corrected chi connectivity index (χ3v) is 7.70. The number of benzene rings is 2. The van der Waals surface area contributed by atoms with Crippen molar-refractivity contribution in [1.82, 2.24) is 0 Å². The normalized spacial score (nSPS) is 30.2. The Morgan fingerprint density at radius 2 is 1.57 bits per heavy atom. The average molecular weight is 407 g/mol. The Morgan fingerprint density at radius 1 is 0.967 bits per heavy atom. The molecule has 0 radical (unpaired) electrons. The molecule has 3 saturated carbocycles. The van der Waals surface area contributed by atoms with Crippen molar-refractivity contribution in [1.29, 1.82) is 0 Å². The fourth-order valence-electron chi connectivity index (χ4n) is 5.62. The van der Waals surface area contributed by atoms with E-state index in [9.17, 15) is 4.79 Å². The van der Waals surface area contributed by atoms with Crippen molar-refractivity contribution in [2.24, 2.45) is 23.2 Å². The topological polar surface area (TPSA) is 35.5 Å². The summed E-state index contributed by atoms with van der Waals surface area (Å²) < 4.78 is 12.7. The minimum absolute atomic E-state index is 0.0673. The third kappa shape index (κ3) is 3.92. The van der Waals surface area contributed by atoms with Crippen LogP contribution in [0.1, 0.15) is 51.7 Å². The van der Waals surface area contributed by atoms with Crippen molar-refractivity contribution in [3.05, 3.63) is 71.8 Å². The molecule has 3 aliphatic carbocycles. The second-order valence-electron chi connectivity index (χ2n) is 10.0. The van der Waals surface area contributed by atoms with Gasteiger partial charge in [0.2, 0.25) is 0 Å². The number of hydrogen-bond donors (Lipinski definition) is 0. The predicted octanol–water partition coefficient (Wildman–Crippen LogP) is 5.82. The molecule has 2 aromatic carbocycles. The molecule has 5 rings (SSSR count). The van der Waals surface area contributed by atoms with Crippen LogP contribution < -0.4 is 0 Å². The lowest BCUT2D eigenvalue weighted by Crippen LogP contribution is -2.68. The number of esters is 1. The highest BCUT2D eigenvalue weighted by atomic mass is 16.6. The number of carbonyl (C=O) groups excluding carboxylic acids is 1. The van der Waals surface area contributed by atoms with Gasteiger partial charge in [-0.2, -0.15) is 0 Å². The fraction of sp³-hybridized carbons (Fsp3) is 0.519. The molecule has 3 nitrogen and oxygen atoms in total. The van der Waals surface area contributed by atoms with Gasteiger partial charge in [0.1, 0.15) is 5.60 Å². The van der Waals surface area contributed by atoms with E-state index in [2.05, 4.69) is 45.0 Å². The molecule has 160 valence electrons. The van der Waals surface area contributed by atoms with Crippen molar-refractivity contribution in [2.75, 3.05) is 0 Å². The molecule has 2 aromatic rings. The number of fused-ring (bicyclic) bond motifs is 2. The molecule has 0 aromatic heterocycles. The van der Waals surface area contributed by atoms with Gasteiger partial charge in [0, 0.05) is 5.92 Å². The van der Waals surface area contributed by atoms with E-state index in [4.69, 9.17) is 9.47 Å². The Hall–Kier alpha value is -2.13. The molecular weight excluding hydrogens is 372 g/mol. The van der Waals surface area contributed by atoms with Crippen molar-refractivity contribution >= 4 is 5.97 Å². The maximum absolute atomic E-state index is 13.1. The first kappa shape index (κ1) is 21.1. The maximum Gasteiger partial charge on any atom is 0.309 e. The summed E-state index contributed by atoms with van der Waals surface area (Å²) in [7, 11) is 0. The molecule has 3 fully saturated rings. The zero-order chi connectivity index (χ0) is 21.4. The largest absolute Gasteiger partial charge is 0.456 e. The van der Waals surface area contributed by atoms with Gasteiger partial charge in [0.15, 0.2) is 0 Å². The monoisotopic (exact) mass is 406 g/mol. The lowest BCUT2D eigenvalue weighted by Gasteiger charge is -2.65. The van der Waals surface area contributed by atoms with Gasteiger partial charge in [-0.3, -0.25) is 4.79 Å². The van der Waals surface area contributed by atoms with E-state index in [1.54, 1.807) is 0 Å². The van der Waals surface area contributed by atoms with Crippen LogP contribution in [0.4, 0.5) is 0 Å². The Bertz CT molecular complexity index is 860. The van der Waals surface area contributed by atoms with Crippen molar-refractivity contribution in [3.8, 4) is 0 Å². The van der Waals surface area contributed by atoms with Crippen molar-refractivity contribution < 1.29 is 14.3 Å². The summed E-state index contributed by atoms with van der Waals surface area (Å²) in [4.78, 5) is 13.1. The van der Waals surface area contributed by atoms with E-state index >= 15 is 0 Å². The molecule has 0 heterocycles. The van der Waals surface area contributed by atoms with Gasteiger partial charge in [-0.25, -0.2) is 0 Å². The average Bonchev–Trinajstić information content (AvgIpc) is 2.73. The number of rotatable bonds is 7. The van der Waals surface area contributed by atoms with Gasteiger partial charge in [-0.1, -0.05) is 81.4 Å². The lowest BCUT2D eigenvalue weighted by atomic mass is 9.43. The third-order valence-electron chi connectivity index (χ3n) is 7.70. The van der Waals surface area contributed by atoms with Crippen LogP contribution in [0.2, 0.25) is 0 Å². The number of hydrogen-bond acceptors (Lipinski definition) is 3. The van der Waals surface area contributed by atoms with Crippen LogP contribution in [-0.4, -0.2) is 17.7 Å². The summed E-state index contributed by atoms with van der Waals surface area (Å²) in [6.07, 6.45) is 2.70. The molecule has 0 saturated heterocycles. The summed E-state index contributed by atoms with van der Waals surface area (Å²) in [6, 6.07) is 20.4. The second-order valence-corrected chi connectivity index (χ2v) is 10.0. The molecule has 0 unspecified atom stereocenters. The standard InChI is InChI=1S/C27H34O3/c1-19(15-20-11-7-5-8-12-20)25(28)30-27(4)23-16-22(26(23,2)3)17-24(27)29-18-21-13-9-6-10-14-21/h5-14,19,22-24H,15-18H2,1-4H3/t19-,22-,23-,24+,27-/m1/s1. The molecule has 5 atom stereocenters. The summed E-state index contributed by atoms with van der Waals surface area (Å²) in [5, 5.41) is 0. The van der Waals surface area contributed by atoms with Gasteiger partial charge in [-0.15, -0.1) is 0 Å². The number of ether oxygens (including phenoxy) is 2. The van der Waals surface area contributed by atoms with Crippen LogP contribution in [0.15, 0.2) is 60.7 Å². The van der Waals surface area contributed by atoms with Crippen LogP contribution >= 0.6 is 0 Å². The van der Waals surface area contributed by atoms with Crippen molar-refractivity contribution in [3.63, 3.8) is 0 Å². The minimum Gasteiger partial charge on any atom is -0.456 e. The van der Waals surface area contributed by atoms with Crippen LogP contribution in [0, 0.1) is 23.2 Å². The first-order chi connectivity index (χ1) is 14.3. The molecule has 2 bridgehead atoms. The summed E-state index contributed by atoms with van der Waals surface area (Å²) in [5.74, 6) is 0.671. The Kier molecular flexibility index (Phi) is 5.76. The molecule has 0 spiro atoms. The van der Waals surface area contributed by atoms with Crippen LogP contribution in [0.5, 0.6) is 0 Å². The SMILES string of the molecule is C[C@H](Cc1ccccc1)C(=O)O[C@@]1(C)[C@@H](OCc2ccccc2)C[C@H]2C[C@@H]1C2(C)C. The highest BCUT2D eigenvalue weighted by molar-refractivity contribution is 5.73. The maximum atomic E-state index is 13.1. The smallest absolute Gasteiger partial charge is 0.309 e. The summed E-state index contributed by atoms with van der Waals surface area (Å²) in [5.41, 5.74) is 1.91. The molecule has 0 N–H and O–H groups in total. The van der Waals surface area contributed by atoms with Crippen LogP contribution in [0.3, 0.4) is 0 Å². The first-order valence-corrected chi connectivity index (χ1v) is 11.2. The zero-order valence-electron chi connectivity index (χ0n) is 18.6. The van der Waals surface area contributed by atoms with Gasteiger partial charge < -0.3 is 9.47 Å². The van der Waals surface area contributed by atoms with E-state index in [0.29, 0.717) is 24.9 Å². The summed E-state index contributed by atoms with van der Waals surface area (Å²) >= 11 is 0. The quantitative estimate of drug-likeness (QED) is 0.544. The molecule has 3 aliphatic rings. The molecular formula is C27H34O3.